The molecule has 2 aromatic rings. The van der Waals surface area contributed by atoms with E-state index in [1.165, 1.54) is 12.7 Å². The second-order valence-electron chi connectivity index (χ2n) is 5.63. The Kier molecular flexibility index (Phi) is 5.51. The van der Waals surface area contributed by atoms with Gasteiger partial charge in [-0.3, -0.25) is 10.1 Å². The van der Waals surface area contributed by atoms with Crippen LogP contribution in [-0.4, -0.2) is 18.6 Å². The number of nitrogens with zero attached hydrogens (tertiary/aromatic N) is 2. The molecule has 1 heterocycles. The second kappa shape index (κ2) is 7.40. The molecule has 0 aromatic heterocycles. The highest BCUT2D eigenvalue weighted by Gasteiger charge is 2.20. The average Bonchev–Trinajstić information content (AvgIpc) is 2.56. The first-order valence-corrected chi connectivity index (χ1v) is 7.54. The van der Waals surface area contributed by atoms with E-state index < -0.39 is 4.92 Å². The first-order valence-electron chi connectivity index (χ1n) is 7.54. The Hall–Kier alpha value is -2.47. The number of nitro groups is 1. The number of fused-ring (bicyclic) bond motifs is 1. The molecule has 3 rings (SSSR count). The predicted octanol–water partition coefficient (Wildman–Crippen LogP) is 3.56. The molecule has 0 amide bonds. The Morgan fingerprint density at radius 3 is 2.83 bits per heavy atom. The van der Waals surface area contributed by atoms with Crippen molar-refractivity contribution in [3.8, 4) is 5.75 Å². The molecule has 0 radical (unpaired) electrons. The maximum Gasteiger partial charge on any atom is 0.311 e. The lowest BCUT2D eigenvalue weighted by Crippen LogP contribution is -2.29. The molecule has 7 heteroatoms. The third-order valence-electron chi connectivity index (χ3n) is 4.20. The van der Waals surface area contributed by atoms with Crippen LogP contribution in [-0.2, 0) is 13.0 Å². The van der Waals surface area contributed by atoms with Gasteiger partial charge in [0.05, 0.1) is 12.0 Å². The number of halogens is 1. The van der Waals surface area contributed by atoms with Crippen molar-refractivity contribution in [2.24, 2.45) is 0 Å². The molecular formula is C17H20ClN3O3. The molecular weight excluding hydrogens is 330 g/mol. The third-order valence-corrected chi connectivity index (χ3v) is 4.20. The zero-order valence-corrected chi connectivity index (χ0v) is 14.2. The van der Waals surface area contributed by atoms with Crippen molar-refractivity contribution in [1.29, 1.82) is 0 Å². The molecule has 24 heavy (non-hydrogen) atoms. The smallest absolute Gasteiger partial charge is 0.311 e. The number of hydrogen-bond acceptors (Lipinski definition) is 5. The number of nitrogens with two attached hydrogens (primary N) is 1. The van der Waals surface area contributed by atoms with Gasteiger partial charge in [-0.15, -0.1) is 12.4 Å². The Morgan fingerprint density at radius 2 is 2.12 bits per heavy atom. The van der Waals surface area contributed by atoms with Crippen molar-refractivity contribution in [3.63, 3.8) is 0 Å². The second-order valence-corrected chi connectivity index (χ2v) is 5.63. The molecule has 1 aliphatic heterocycles. The number of nitrogen functional groups attached to an aromatic ring is 1. The van der Waals surface area contributed by atoms with Gasteiger partial charge in [-0.2, -0.15) is 0 Å². The van der Waals surface area contributed by atoms with Crippen LogP contribution in [0.25, 0.3) is 0 Å². The Morgan fingerprint density at radius 1 is 1.33 bits per heavy atom. The number of hydrogen-bond donors (Lipinski definition) is 1. The minimum atomic E-state index is -0.412. The van der Waals surface area contributed by atoms with E-state index in [-0.39, 0.29) is 23.8 Å². The summed E-state index contributed by atoms with van der Waals surface area (Å²) < 4.78 is 5.05. The Balaban J connectivity index is 0.00000208. The molecule has 0 atom stereocenters. The summed E-state index contributed by atoms with van der Waals surface area (Å²) in [6, 6.07) is 11.0. The van der Waals surface area contributed by atoms with Crippen LogP contribution in [0, 0.1) is 10.1 Å². The fourth-order valence-corrected chi connectivity index (χ4v) is 3.09. The molecule has 0 saturated heterocycles. The molecule has 2 aromatic carbocycles. The molecule has 0 bridgehead atoms. The van der Waals surface area contributed by atoms with Gasteiger partial charge in [-0.05, 0) is 42.2 Å². The standard InChI is InChI=1S/C17H19N3O3.ClH/c1-23-17-8-7-12(10-16(17)20(21)22)11-19-9-3-4-13-14(18)5-2-6-15(13)19;/h2,5-8,10H,3-4,9,11,18H2,1H3;1H. The third kappa shape index (κ3) is 3.38. The highest BCUT2D eigenvalue weighted by Crippen LogP contribution is 2.33. The summed E-state index contributed by atoms with van der Waals surface area (Å²) in [4.78, 5) is 13.0. The monoisotopic (exact) mass is 349 g/mol. The summed E-state index contributed by atoms with van der Waals surface area (Å²) in [5.74, 6) is 0.280. The van der Waals surface area contributed by atoms with Gasteiger partial charge in [0.2, 0.25) is 0 Å². The average molecular weight is 350 g/mol. The van der Waals surface area contributed by atoms with Gasteiger partial charge in [-0.1, -0.05) is 12.1 Å². The molecule has 0 unspecified atom stereocenters. The van der Waals surface area contributed by atoms with Crippen LogP contribution >= 0.6 is 12.4 Å². The van der Waals surface area contributed by atoms with Crippen molar-refractivity contribution in [2.45, 2.75) is 19.4 Å². The van der Waals surface area contributed by atoms with Crippen LogP contribution in [0.2, 0.25) is 0 Å². The van der Waals surface area contributed by atoms with Crippen molar-refractivity contribution in [2.75, 3.05) is 24.3 Å². The summed E-state index contributed by atoms with van der Waals surface area (Å²) in [5.41, 5.74) is 10.0. The highest BCUT2D eigenvalue weighted by molar-refractivity contribution is 5.85. The quantitative estimate of drug-likeness (QED) is 0.518. The summed E-state index contributed by atoms with van der Waals surface area (Å²) in [5, 5.41) is 11.2. The summed E-state index contributed by atoms with van der Waals surface area (Å²) >= 11 is 0. The van der Waals surface area contributed by atoms with Crippen molar-refractivity contribution in [3.05, 3.63) is 57.6 Å². The normalized spacial score (nSPS) is 13.0. The van der Waals surface area contributed by atoms with E-state index in [9.17, 15) is 10.1 Å². The molecule has 6 nitrogen and oxygen atoms in total. The summed E-state index contributed by atoms with van der Waals surface area (Å²) in [7, 11) is 1.44. The van der Waals surface area contributed by atoms with Gasteiger partial charge in [0.1, 0.15) is 0 Å². The Bertz CT molecular complexity index is 752. The molecule has 128 valence electrons. The topological polar surface area (TPSA) is 81.6 Å². The van der Waals surface area contributed by atoms with E-state index in [4.69, 9.17) is 10.5 Å². The SMILES string of the molecule is COc1ccc(CN2CCCc3c(N)cccc32)cc1[N+](=O)[O-].Cl. The van der Waals surface area contributed by atoms with Gasteiger partial charge in [-0.25, -0.2) is 0 Å². The molecule has 0 fully saturated rings. The van der Waals surface area contributed by atoms with Gasteiger partial charge < -0.3 is 15.4 Å². The lowest BCUT2D eigenvalue weighted by atomic mass is 9.99. The lowest BCUT2D eigenvalue weighted by molar-refractivity contribution is -0.385. The van der Waals surface area contributed by atoms with Crippen LogP contribution in [0.5, 0.6) is 5.75 Å². The van der Waals surface area contributed by atoms with Crippen LogP contribution < -0.4 is 15.4 Å². The molecule has 0 spiro atoms. The van der Waals surface area contributed by atoms with Gasteiger partial charge in [0.25, 0.3) is 0 Å². The fourth-order valence-electron chi connectivity index (χ4n) is 3.09. The summed E-state index contributed by atoms with van der Waals surface area (Å²) in [6.45, 7) is 1.53. The number of methoxy groups -OCH3 is 1. The zero-order chi connectivity index (χ0) is 16.4. The molecule has 2 N–H and O–H groups in total. The number of anilines is 2. The van der Waals surface area contributed by atoms with Crippen molar-refractivity contribution >= 4 is 29.5 Å². The van der Waals surface area contributed by atoms with Gasteiger partial charge in [0, 0.05) is 30.5 Å². The number of benzene rings is 2. The molecule has 0 aliphatic carbocycles. The van der Waals surface area contributed by atoms with E-state index in [1.54, 1.807) is 12.1 Å². The molecule has 1 aliphatic rings. The lowest BCUT2D eigenvalue weighted by Gasteiger charge is -2.32. The number of ether oxygens (including phenoxy) is 1. The predicted molar refractivity (Wildman–Crippen MR) is 97.1 cm³/mol. The van der Waals surface area contributed by atoms with Gasteiger partial charge in [0.15, 0.2) is 5.75 Å². The van der Waals surface area contributed by atoms with Crippen molar-refractivity contribution < 1.29 is 9.66 Å². The van der Waals surface area contributed by atoms with E-state index >= 15 is 0 Å². The van der Waals surface area contributed by atoms with E-state index in [2.05, 4.69) is 11.0 Å². The number of rotatable bonds is 4. The van der Waals surface area contributed by atoms with Crippen LogP contribution in [0.15, 0.2) is 36.4 Å². The minimum Gasteiger partial charge on any atom is -0.490 e. The van der Waals surface area contributed by atoms with Gasteiger partial charge >= 0.3 is 5.69 Å². The highest BCUT2D eigenvalue weighted by atomic mass is 35.5. The first kappa shape index (κ1) is 17.9. The maximum absolute atomic E-state index is 11.2. The van der Waals surface area contributed by atoms with E-state index in [0.29, 0.717) is 6.54 Å². The fraction of sp³-hybridized carbons (Fsp3) is 0.294. The first-order chi connectivity index (χ1) is 11.1. The van der Waals surface area contributed by atoms with Crippen LogP contribution in [0.1, 0.15) is 17.5 Å². The Labute approximate surface area is 146 Å². The van der Waals surface area contributed by atoms with Crippen LogP contribution in [0.4, 0.5) is 17.1 Å². The van der Waals surface area contributed by atoms with Crippen molar-refractivity contribution in [1.82, 2.24) is 0 Å². The zero-order valence-electron chi connectivity index (χ0n) is 13.4. The summed E-state index contributed by atoms with van der Waals surface area (Å²) in [6.07, 6.45) is 2.00. The van der Waals surface area contributed by atoms with E-state index in [0.717, 1.165) is 36.3 Å². The number of nitro benzene ring substituents is 1. The molecule has 0 saturated carbocycles. The van der Waals surface area contributed by atoms with Crippen LogP contribution in [0.3, 0.4) is 0 Å². The largest absolute Gasteiger partial charge is 0.490 e. The van der Waals surface area contributed by atoms with E-state index in [1.807, 2.05) is 18.2 Å². The minimum absolute atomic E-state index is 0. The maximum atomic E-state index is 11.2.